The number of hydrogen-bond acceptors (Lipinski definition) is 0. The van der Waals surface area contributed by atoms with Crippen molar-refractivity contribution in [2.45, 2.75) is 60.3 Å². The summed E-state index contributed by atoms with van der Waals surface area (Å²) in [6.45, 7) is 18.0. The van der Waals surface area contributed by atoms with Gasteiger partial charge in [0.2, 0.25) is 0 Å². The average Bonchev–Trinajstić information content (AvgIpc) is 2.55. The molecule has 0 N–H and O–H groups in total. The number of rotatable bonds is 2. The van der Waals surface area contributed by atoms with Crippen LogP contribution in [0.1, 0.15) is 60.3 Å². The van der Waals surface area contributed by atoms with E-state index in [9.17, 15) is 0 Å². The maximum atomic E-state index is 3.87. The fraction of sp³-hybridized carbons (Fsp3) is 0.625. The Morgan fingerprint density at radius 2 is 1.56 bits per heavy atom. The van der Waals surface area contributed by atoms with Gasteiger partial charge in [-0.15, -0.1) is 0 Å². The van der Waals surface area contributed by atoms with Crippen molar-refractivity contribution in [3.63, 3.8) is 0 Å². The van der Waals surface area contributed by atoms with Crippen molar-refractivity contribution in [1.82, 2.24) is 0 Å². The van der Waals surface area contributed by atoms with Crippen molar-refractivity contribution in [2.75, 3.05) is 0 Å². The van der Waals surface area contributed by atoms with Crippen molar-refractivity contribution >= 4 is 0 Å². The van der Waals surface area contributed by atoms with Crippen LogP contribution in [0.15, 0.2) is 36.5 Å². The zero-order chi connectivity index (χ0) is 13.0. The second kappa shape index (κ2) is 12.3. The first-order chi connectivity index (χ1) is 7.79. The van der Waals surface area contributed by atoms with Crippen LogP contribution in [-0.2, 0) is 0 Å². The molecule has 0 saturated carbocycles. The molecule has 0 heteroatoms. The minimum absolute atomic E-state index is 0.679. The Kier molecular flexibility index (Phi) is 13.5. The highest BCUT2D eigenvalue weighted by atomic mass is 14.2. The third kappa shape index (κ3) is 5.95. The molecular formula is C16H30. The molecule has 0 aromatic rings. The van der Waals surface area contributed by atoms with Crippen molar-refractivity contribution in [3.8, 4) is 0 Å². The third-order valence-electron chi connectivity index (χ3n) is 2.70. The first-order valence-electron chi connectivity index (χ1n) is 6.77. The van der Waals surface area contributed by atoms with Crippen molar-refractivity contribution in [2.24, 2.45) is 5.92 Å². The molecule has 0 fully saturated rings. The summed E-state index contributed by atoms with van der Waals surface area (Å²) in [7, 11) is 0. The lowest BCUT2D eigenvalue weighted by molar-refractivity contribution is 0.591. The second-order valence-electron chi connectivity index (χ2n) is 3.54. The summed E-state index contributed by atoms with van der Waals surface area (Å²) in [5, 5.41) is 0. The van der Waals surface area contributed by atoms with E-state index in [4.69, 9.17) is 0 Å². The first-order valence-corrected chi connectivity index (χ1v) is 6.77. The summed E-state index contributed by atoms with van der Waals surface area (Å²) in [5.74, 6) is 0.679. The van der Waals surface area contributed by atoms with E-state index in [0.717, 1.165) is 0 Å². The SMILES string of the molecule is C=CC1=C(C=C)C(C)CCCC1.CC.CC. The zero-order valence-electron chi connectivity index (χ0n) is 12.0. The molecule has 1 atom stereocenters. The molecule has 1 aliphatic carbocycles. The Bertz CT molecular complexity index is 208. The van der Waals surface area contributed by atoms with Crippen LogP contribution in [0.4, 0.5) is 0 Å². The van der Waals surface area contributed by atoms with Crippen molar-refractivity contribution < 1.29 is 0 Å². The van der Waals surface area contributed by atoms with E-state index in [1.165, 1.54) is 36.8 Å². The Morgan fingerprint density at radius 3 is 2.00 bits per heavy atom. The van der Waals surface area contributed by atoms with Gasteiger partial charge in [-0.2, -0.15) is 0 Å². The molecule has 0 heterocycles. The summed E-state index contributed by atoms with van der Waals surface area (Å²) in [6, 6.07) is 0. The summed E-state index contributed by atoms with van der Waals surface area (Å²) in [5.41, 5.74) is 2.83. The van der Waals surface area contributed by atoms with E-state index in [0.29, 0.717) is 5.92 Å². The van der Waals surface area contributed by atoms with Gasteiger partial charge in [-0.05, 0) is 36.3 Å². The van der Waals surface area contributed by atoms with Gasteiger partial charge in [-0.3, -0.25) is 0 Å². The summed E-state index contributed by atoms with van der Waals surface area (Å²) in [4.78, 5) is 0. The molecule has 0 saturated heterocycles. The molecule has 0 amide bonds. The second-order valence-corrected chi connectivity index (χ2v) is 3.54. The maximum Gasteiger partial charge on any atom is -0.0188 e. The van der Waals surface area contributed by atoms with Crippen LogP contribution < -0.4 is 0 Å². The van der Waals surface area contributed by atoms with Gasteiger partial charge in [0.1, 0.15) is 0 Å². The van der Waals surface area contributed by atoms with Gasteiger partial charge in [-0.25, -0.2) is 0 Å². The maximum absolute atomic E-state index is 3.87. The van der Waals surface area contributed by atoms with E-state index >= 15 is 0 Å². The monoisotopic (exact) mass is 222 g/mol. The lowest BCUT2D eigenvalue weighted by Crippen LogP contribution is -1.96. The van der Waals surface area contributed by atoms with Crippen molar-refractivity contribution in [3.05, 3.63) is 36.5 Å². The predicted molar refractivity (Wildman–Crippen MR) is 77.7 cm³/mol. The normalized spacial score (nSPS) is 19.4. The molecular weight excluding hydrogens is 192 g/mol. The van der Waals surface area contributed by atoms with Gasteiger partial charge in [0.15, 0.2) is 0 Å². The standard InChI is InChI=1S/C12H18.2C2H6/c1-4-11-9-7-6-8-10(3)12(11)5-2;2*1-2/h4-5,10H,1-2,6-9H2,3H3;2*1-2H3. The Morgan fingerprint density at radius 1 is 1.00 bits per heavy atom. The highest BCUT2D eigenvalue weighted by Crippen LogP contribution is 2.29. The van der Waals surface area contributed by atoms with Crippen LogP contribution in [0.2, 0.25) is 0 Å². The van der Waals surface area contributed by atoms with Crippen LogP contribution in [0.25, 0.3) is 0 Å². The van der Waals surface area contributed by atoms with Gasteiger partial charge in [0, 0.05) is 0 Å². The van der Waals surface area contributed by atoms with E-state index < -0.39 is 0 Å². The van der Waals surface area contributed by atoms with Gasteiger partial charge in [0.25, 0.3) is 0 Å². The van der Waals surface area contributed by atoms with E-state index in [2.05, 4.69) is 20.1 Å². The minimum atomic E-state index is 0.679. The molecule has 1 aliphatic rings. The molecule has 0 radical (unpaired) electrons. The quantitative estimate of drug-likeness (QED) is 0.544. The minimum Gasteiger partial charge on any atom is -0.0988 e. The predicted octanol–water partition coefficient (Wildman–Crippen LogP) is 5.92. The van der Waals surface area contributed by atoms with Crippen molar-refractivity contribution in [1.29, 1.82) is 0 Å². The van der Waals surface area contributed by atoms with Crippen LogP contribution in [0.5, 0.6) is 0 Å². The van der Waals surface area contributed by atoms with Gasteiger partial charge in [0.05, 0.1) is 0 Å². The summed E-state index contributed by atoms with van der Waals surface area (Å²) >= 11 is 0. The molecule has 0 aromatic carbocycles. The fourth-order valence-electron chi connectivity index (χ4n) is 1.93. The molecule has 0 bridgehead atoms. The number of allylic oxidation sites excluding steroid dienone is 4. The van der Waals surface area contributed by atoms with Crippen LogP contribution >= 0.6 is 0 Å². The molecule has 0 spiro atoms. The van der Waals surface area contributed by atoms with Gasteiger partial charge >= 0.3 is 0 Å². The molecule has 0 nitrogen and oxygen atoms in total. The smallest absolute Gasteiger partial charge is 0.0188 e. The molecule has 1 unspecified atom stereocenters. The molecule has 0 aliphatic heterocycles. The van der Waals surface area contributed by atoms with Crippen LogP contribution in [-0.4, -0.2) is 0 Å². The Labute approximate surface area is 103 Å². The molecule has 16 heavy (non-hydrogen) atoms. The molecule has 94 valence electrons. The summed E-state index contributed by atoms with van der Waals surface area (Å²) < 4.78 is 0. The largest absolute Gasteiger partial charge is 0.0988 e. The topological polar surface area (TPSA) is 0 Å². The fourth-order valence-corrected chi connectivity index (χ4v) is 1.93. The third-order valence-corrected chi connectivity index (χ3v) is 2.70. The van der Waals surface area contributed by atoms with Crippen LogP contribution in [0, 0.1) is 5.92 Å². The lowest BCUT2D eigenvalue weighted by Gasteiger charge is -2.11. The number of hydrogen-bond donors (Lipinski definition) is 0. The zero-order valence-corrected chi connectivity index (χ0v) is 12.0. The van der Waals surface area contributed by atoms with Crippen LogP contribution in [0.3, 0.4) is 0 Å². The highest BCUT2D eigenvalue weighted by Gasteiger charge is 2.13. The Hall–Kier alpha value is -0.780. The van der Waals surface area contributed by atoms with E-state index in [1.54, 1.807) is 0 Å². The average molecular weight is 222 g/mol. The van der Waals surface area contributed by atoms with Gasteiger partial charge in [-0.1, -0.05) is 66.3 Å². The Balaban J connectivity index is 0. The highest BCUT2D eigenvalue weighted by molar-refractivity contribution is 5.33. The molecule has 1 rings (SSSR count). The van der Waals surface area contributed by atoms with E-state index in [1.807, 2.05) is 39.8 Å². The summed E-state index contributed by atoms with van der Waals surface area (Å²) in [6.07, 6.45) is 9.15. The van der Waals surface area contributed by atoms with Gasteiger partial charge < -0.3 is 0 Å². The molecule has 0 aromatic heterocycles. The van der Waals surface area contributed by atoms with E-state index in [-0.39, 0.29) is 0 Å². The first kappa shape index (κ1) is 17.6. The lowest BCUT2D eigenvalue weighted by atomic mass is 9.94.